The summed E-state index contributed by atoms with van der Waals surface area (Å²) in [5.41, 5.74) is 2.60. The molecular formula is C12H18NO2S. The summed E-state index contributed by atoms with van der Waals surface area (Å²) < 4.78 is 26.6. The van der Waals surface area contributed by atoms with Gasteiger partial charge in [0.2, 0.25) is 10.0 Å². The first kappa shape index (κ1) is 13.2. The fourth-order valence-electron chi connectivity index (χ4n) is 1.91. The summed E-state index contributed by atoms with van der Waals surface area (Å²) >= 11 is 0. The highest BCUT2D eigenvalue weighted by Gasteiger charge is 2.20. The predicted octanol–water partition coefficient (Wildman–Crippen LogP) is 2.11. The zero-order chi connectivity index (χ0) is 12.5. The van der Waals surface area contributed by atoms with E-state index in [-0.39, 0.29) is 6.04 Å². The molecule has 0 saturated carbocycles. The van der Waals surface area contributed by atoms with Gasteiger partial charge in [-0.25, -0.2) is 13.1 Å². The molecule has 0 spiro atoms. The Morgan fingerprint density at radius 3 is 2.00 bits per heavy atom. The molecule has 0 aliphatic carbocycles. The number of hydrogen-bond donors (Lipinski definition) is 1. The molecule has 1 N–H and O–H groups in total. The van der Waals surface area contributed by atoms with Crippen molar-refractivity contribution >= 4 is 10.0 Å². The highest BCUT2D eigenvalue weighted by molar-refractivity contribution is 7.89. The Morgan fingerprint density at radius 1 is 1.19 bits per heavy atom. The quantitative estimate of drug-likeness (QED) is 0.879. The SMILES string of the molecule is [CH2]C(C)NS(=O)(=O)c1c(C)cc(C)cc1C. The first-order valence-corrected chi connectivity index (χ1v) is 6.65. The van der Waals surface area contributed by atoms with Gasteiger partial charge in [-0.15, -0.1) is 0 Å². The summed E-state index contributed by atoms with van der Waals surface area (Å²) in [5, 5.41) is 0. The van der Waals surface area contributed by atoms with Crippen LogP contribution in [0.3, 0.4) is 0 Å². The van der Waals surface area contributed by atoms with Crippen LogP contribution in [-0.4, -0.2) is 14.5 Å². The number of sulfonamides is 1. The average molecular weight is 240 g/mol. The molecule has 4 heteroatoms. The molecule has 1 atom stereocenters. The van der Waals surface area contributed by atoms with Crippen LogP contribution in [0, 0.1) is 27.7 Å². The molecule has 0 aromatic heterocycles. The maximum Gasteiger partial charge on any atom is 0.241 e. The van der Waals surface area contributed by atoms with Crippen molar-refractivity contribution in [1.29, 1.82) is 0 Å². The van der Waals surface area contributed by atoms with Gasteiger partial charge in [0.15, 0.2) is 0 Å². The molecule has 89 valence electrons. The molecule has 1 aromatic rings. The van der Waals surface area contributed by atoms with Gasteiger partial charge >= 0.3 is 0 Å². The second kappa shape index (κ2) is 4.55. The van der Waals surface area contributed by atoms with Gasteiger partial charge in [-0.1, -0.05) is 17.7 Å². The van der Waals surface area contributed by atoms with E-state index in [0.29, 0.717) is 4.90 Å². The van der Waals surface area contributed by atoms with E-state index in [2.05, 4.69) is 11.6 Å². The summed E-state index contributed by atoms with van der Waals surface area (Å²) in [4.78, 5) is 0.369. The lowest BCUT2D eigenvalue weighted by molar-refractivity contribution is 0.574. The summed E-state index contributed by atoms with van der Waals surface area (Å²) in [6.45, 7) is 10.9. The fraction of sp³-hybridized carbons (Fsp3) is 0.417. The topological polar surface area (TPSA) is 46.2 Å². The Hall–Kier alpha value is -0.870. The van der Waals surface area contributed by atoms with Crippen molar-refractivity contribution in [2.24, 2.45) is 0 Å². The molecule has 1 unspecified atom stereocenters. The highest BCUT2D eigenvalue weighted by Crippen LogP contribution is 2.21. The summed E-state index contributed by atoms with van der Waals surface area (Å²) in [6.07, 6.45) is 0. The minimum Gasteiger partial charge on any atom is -0.208 e. The molecule has 0 bridgehead atoms. The fourth-order valence-corrected chi connectivity index (χ4v) is 3.53. The van der Waals surface area contributed by atoms with Gasteiger partial charge in [-0.2, -0.15) is 0 Å². The van der Waals surface area contributed by atoms with Gasteiger partial charge in [0, 0.05) is 6.04 Å². The van der Waals surface area contributed by atoms with Crippen LogP contribution in [0.5, 0.6) is 0 Å². The lowest BCUT2D eigenvalue weighted by atomic mass is 10.1. The van der Waals surface area contributed by atoms with Crippen molar-refractivity contribution in [1.82, 2.24) is 4.72 Å². The number of hydrogen-bond acceptors (Lipinski definition) is 2. The molecule has 0 aliphatic heterocycles. The molecule has 1 rings (SSSR count). The van der Waals surface area contributed by atoms with Gasteiger partial charge in [0.05, 0.1) is 4.90 Å². The molecule has 16 heavy (non-hydrogen) atoms. The van der Waals surface area contributed by atoms with Crippen molar-refractivity contribution in [3.05, 3.63) is 35.7 Å². The second-order valence-electron chi connectivity index (χ2n) is 4.25. The van der Waals surface area contributed by atoms with Crippen LogP contribution >= 0.6 is 0 Å². The van der Waals surface area contributed by atoms with Crippen molar-refractivity contribution in [2.75, 3.05) is 0 Å². The highest BCUT2D eigenvalue weighted by atomic mass is 32.2. The maximum atomic E-state index is 12.0. The van der Waals surface area contributed by atoms with E-state index in [4.69, 9.17) is 0 Å². The first-order chi connectivity index (χ1) is 7.24. The van der Waals surface area contributed by atoms with E-state index in [1.165, 1.54) is 0 Å². The van der Waals surface area contributed by atoms with Crippen molar-refractivity contribution in [3.63, 3.8) is 0 Å². The van der Waals surface area contributed by atoms with Gasteiger partial charge in [0.1, 0.15) is 0 Å². The zero-order valence-electron chi connectivity index (χ0n) is 10.2. The maximum absolute atomic E-state index is 12.0. The van der Waals surface area contributed by atoms with Gasteiger partial charge < -0.3 is 0 Å². The Labute approximate surface area is 97.9 Å². The smallest absolute Gasteiger partial charge is 0.208 e. The molecule has 0 heterocycles. The molecule has 1 radical (unpaired) electrons. The van der Waals surface area contributed by atoms with Gasteiger partial charge in [0.25, 0.3) is 0 Å². The van der Waals surface area contributed by atoms with E-state index in [0.717, 1.165) is 16.7 Å². The van der Waals surface area contributed by atoms with E-state index < -0.39 is 10.0 Å². The van der Waals surface area contributed by atoms with E-state index in [1.54, 1.807) is 6.92 Å². The Kier molecular flexibility index (Phi) is 3.76. The van der Waals surface area contributed by atoms with E-state index in [1.807, 2.05) is 32.9 Å². The molecule has 0 saturated heterocycles. The Bertz CT molecular complexity index is 467. The van der Waals surface area contributed by atoms with Crippen molar-refractivity contribution in [2.45, 2.75) is 38.6 Å². The van der Waals surface area contributed by atoms with Crippen LogP contribution in [0.25, 0.3) is 0 Å². The third-order valence-electron chi connectivity index (χ3n) is 2.23. The summed E-state index contributed by atoms with van der Waals surface area (Å²) in [6, 6.07) is 3.40. The van der Waals surface area contributed by atoms with Crippen LogP contribution in [0.2, 0.25) is 0 Å². The molecule has 0 amide bonds. The average Bonchev–Trinajstić information content (AvgIpc) is 1.96. The number of nitrogens with one attached hydrogen (secondary N) is 1. The van der Waals surface area contributed by atoms with Crippen LogP contribution in [-0.2, 0) is 10.0 Å². The molecular weight excluding hydrogens is 222 g/mol. The van der Waals surface area contributed by atoms with Crippen molar-refractivity contribution in [3.8, 4) is 0 Å². The van der Waals surface area contributed by atoms with E-state index >= 15 is 0 Å². The standard InChI is InChI=1S/C12H18NO2S/c1-8(2)13-16(14,15)12-10(4)6-9(3)7-11(12)5/h6-8,13H,1H2,2-5H3. The summed E-state index contributed by atoms with van der Waals surface area (Å²) in [5.74, 6) is 0. The molecule has 1 aromatic carbocycles. The van der Waals surface area contributed by atoms with Gasteiger partial charge in [-0.05, 0) is 45.7 Å². The second-order valence-corrected chi connectivity index (χ2v) is 5.90. The molecule has 0 aliphatic rings. The first-order valence-electron chi connectivity index (χ1n) is 5.17. The summed E-state index contributed by atoms with van der Waals surface area (Å²) in [7, 11) is -3.45. The van der Waals surface area contributed by atoms with Gasteiger partial charge in [-0.3, -0.25) is 0 Å². The van der Waals surface area contributed by atoms with Crippen LogP contribution in [0.1, 0.15) is 23.6 Å². The lowest BCUT2D eigenvalue weighted by Crippen LogP contribution is -2.31. The van der Waals surface area contributed by atoms with E-state index in [9.17, 15) is 8.42 Å². The third-order valence-corrected chi connectivity index (χ3v) is 4.12. The largest absolute Gasteiger partial charge is 0.241 e. The number of benzene rings is 1. The van der Waals surface area contributed by atoms with Crippen LogP contribution < -0.4 is 4.72 Å². The Morgan fingerprint density at radius 2 is 1.62 bits per heavy atom. The molecule has 3 nitrogen and oxygen atoms in total. The van der Waals surface area contributed by atoms with Crippen LogP contribution in [0.4, 0.5) is 0 Å². The minimum atomic E-state index is -3.45. The zero-order valence-corrected chi connectivity index (χ0v) is 11.0. The normalized spacial score (nSPS) is 12.1. The lowest BCUT2D eigenvalue weighted by Gasteiger charge is -2.14. The van der Waals surface area contributed by atoms with Crippen molar-refractivity contribution < 1.29 is 8.42 Å². The third kappa shape index (κ3) is 2.83. The predicted molar refractivity (Wildman–Crippen MR) is 65.8 cm³/mol. The Balaban J connectivity index is 3.34. The molecule has 0 fully saturated rings. The monoisotopic (exact) mass is 240 g/mol. The number of aryl methyl sites for hydroxylation is 3. The minimum absolute atomic E-state index is 0.342. The number of rotatable bonds is 3. The van der Waals surface area contributed by atoms with Crippen LogP contribution in [0.15, 0.2) is 17.0 Å².